The first-order valence-corrected chi connectivity index (χ1v) is 6.97. The lowest BCUT2D eigenvalue weighted by atomic mass is 10.1. The van der Waals surface area contributed by atoms with E-state index in [9.17, 15) is 5.26 Å². The van der Waals surface area contributed by atoms with Gasteiger partial charge in [0.2, 0.25) is 0 Å². The van der Waals surface area contributed by atoms with Gasteiger partial charge in [0.05, 0.1) is 22.3 Å². The molecule has 2 nitrogen and oxygen atoms in total. The molecule has 2 rings (SSSR count). The van der Waals surface area contributed by atoms with Crippen LogP contribution in [0.15, 0.2) is 42.5 Å². The van der Waals surface area contributed by atoms with Crippen molar-refractivity contribution < 1.29 is 0 Å². The highest BCUT2D eigenvalue weighted by molar-refractivity contribution is 6.32. The van der Waals surface area contributed by atoms with E-state index < -0.39 is 0 Å². The molecule has 0 fully saturated rings. The Bertz CT molecular complexity index is 662. The average molecular weight is 305 g/mol. The highest BCUT2D eigenvalue weighted by atomic mass is 35.5. The minimum Gasteiger partial charge on any atom is -0.367 e. The zero-order valence-electron chi connectivity index (χ0n) is 11.3. The Balaban J connectivity index is 2.42. The summed E-state index contributed by atoms with van der Waals surface area (Å²) in [4.78, 5) is 2.01. The van der Waals surface area contributed by atoms with Gasteiger partial charge in [0, 0.05) is 12.1 Å². The maximum atomic E-state index is 9.27. The van der Waals surface area contributed by atoms with Crippen LogP contribution in [0, 0.1) is 11.3 Å². The minimum absolute atomic E-state index is 0.0364. The van der Waals surface area contributed by atoms with Crippen molar-refractivity contribution in [3.8, 4) is 6.07 Å². The van der Waals surface area contributed by atoms with Gasteiger partial charge in [-0.3, -0.25) is 0 Å². The third-order valence-corrected chi connectivity index (χ3v) is 4.08. The number of benzene rings is 2. The molecule has 0 bridgehead atoms. The van der Waals surface area contributed by atoms with E-state index >= 15 is 0 Å². The second-order valence-corrected chi connectivity index (χ2v) is 5.37. The summed E-state index contributed by atoms with van der Waals surface area (Å²) in [5.74, 6) is 0. The van der Waals surface area contributed by atoms with Gasteiger partial charge in [0.25, 0.3) is 0 Å². The normalized spacial score (nSPS) is 11.8. The van der Waals surface area contributed by atoms with E-state index in [1.54, 1.807) is 6.07 Å². The maximum absolute atomic E-state index is 9.27. The van der Waals surface area contributed by atoms with Crippen LogP contribution in [0.25, 0.3) is 0 Å². The largest absolute Gasteiger partial charge is 0.367 e. The molecule has 0 aromatic heterocycles. The highest BCUT2D eigenvalue weighted by Crippen LogP contribution is 2.33. The monoisotopic (exact) mass is 304 g/mol. The number of nitriles is 1. The van der Waals surface area contributed by atoms with Crippen LogP contribution in [0.4, 0.5) is 5.69 Å². The molecule has 4 heteroatoms. The van der Waals surface area contributed by atoms with Gasteiger partial charge in [-0.25, -0.2) is 0 Å². The first-order chi connectivity index (χ1) is 9.56. The van der Waals surface area contributed by atoms with Crippen molar-refractivity contribution in [2.75, 3.05) is 11.9 Å². The van der Waals surface area contributed by atoms with Crippen molar-refractivity contribution in [2.45, 2.75) is 13.0 Å². The summed E-state index contributed by atoms with van der Waals surface area (Å²) in [6.45, 7) is 2.04. The van der Waals surface area contributed by atoms with E-state index in [-0.39, 0.29) is 6.04 Å². The molecule has 0 aliphatic carbocycles. The SMILES string of the molecule is CC(c1ccccc1Cl)N(C)c1cccc(Cl)c1C#N. The molecule has 0 aliphatic heterocycles. The van der Waals surface area contributed by atoms with Crippen LogP contribution < -0.4 is 4.90 Å². The summed E-state index contributed by atoms with van der Waals surface area (Å²) in [6, 6.07) is 15.3. The van der Waals surface area contributed by atoms with Gasteiger partial charge in [0.15, 0.2) is 0 Å². The van der Waals surface area contributed by atoms with Crippen LogP contribution in [0.2, 0.25) is 10.0 Å². The number of hydrogen-bond donors (Lipinski definition) is 0. The van der Waals surface area contributed by atoms with Crippen molar-refractivity contribution >= 4 is 28.9 Å². The number of halogens is 2. The van der Waals surface area contributed by atoms with Crippen LogP contribution in [-0.2, 0) is 0 Å². The van der Waals surface area contributed by atoms with Gasteiger partial charge >= 0.3 is 0 Å². The molecule has 0 aliphatic rings. The smallest absolute Gasteiger partial charge is 0.103 e. The molecule has 1 atom stereocenters. The van der Waals surface area contributed by atoms with Gasteiger partial charge in [0.1, 0.15) is 6.07 Å². The Morgan fingerprint density at radius 2 is 1.70 bits per heavy atom. The van der Waals surface area contributed by atoms with E-state index in [0.29, 0.717) is 15.6 Å². The molecule has 2 aromatic carbocycles. The number of anilines is 1. The van der Waals surface area contributed by atoms with Crippen LogP contribution >= 0.6 is 23.2 Å². The van der Waals surface area contributed by atoms with Gasteiger partial charge in [-0.1, -0.05) is 47.5 Å². The fourth-order valence-electron chi connectivity index (χ4n) is 2.15. The van der Waals surface area contributed by atoms with E-state index in [1.807, 2.05) is 55.3 Å². The zero-order valence-corrected chi connectivity index (χ0v) is 12.8. The van der Waals surface area contributed by atoms with Crippen molar-refractivity contribution in [1.29, 1.82) is 5.26 Å². The standard InChI is InChI=1S/C16H14Cl2N2/c1-11(12-6-3-4-7-14(12)17)20(2)16-9-5-8-15(18)13(16)10-19/h3-9,11H,1-2H3. The van der Waals surface area contributed by atoms with E-state index in [2.05, 4.69) is 6.07 Å². The summed E-state index contributed by atoms with van der Waals surface area (Å²) in [7, 11) is 1.93. The molecule has 0 saturated carbocycles. The minimum atomic E-state index is 0.0364. The summed E-state index contributed by atoms with van der Waals surface area (Å²) < 4.78 is 0. The fraction of sp³-hybridized carbons (Fsp3) is 0.188. The van der Waals surface area contributed by atoms with Crippen molar-refractivity contribution in [3.63, 3.8) is 0 Å². The molecule has 2 aromatic rings. The molecular weight excluding hydrogens is 291 g/mol. The predicted molar refractivity (Wildman–Crippen MR) is 84.4 cm³/mol. The first kappa shape index (κ1) is 14.7. The van der Waals surface area contributed by atoms with Crippen LogP contribution in [0.1, 0.15) is 24.1 Å². The number of rotatable bonds is 3. The summed E-state index contributed by atoms with van der Waals surface area (Å²) in [6.07, 6.45) is 0. The second kappa shape index (κ2) is 6.17. The molecule has 0 radical (unpaired) electrons. The predicted octanol–water partition coefficient (Wildman–Crippen LogP) is 5.06. The van der Waals surface area contributed by atoms with E-state index in [1.165, 1.54) is 0 Å². The molecule has 0 N–H and O–H groups in total. The summed E-state index contributed by atoms with van der Waals surface area (Å²) >= 11 is 12.3. The summed E-state index contributed by atoms with van der Waals surface area (Å²) in [5, 5.41) is 10.4. The Labute approximate surface area is 129 Å². The molecule has 102 valence electrons. The Hall–Kier alpha value is -1.69. The van der Waals surface area contributed by atoms with Crippen LogP contribution in [0.3, 0.4) is 0 Å². The zero-order chi connectivity index (χ0) is 14.7. The van der Waals surface area contributed by atoms with Gasteiger partial charge < -0.3 is 4.90 Å². The van der Waals surface area contributed by atoms with Crippen molar-refractivity contribution in [1.82, 2.24) is 0 Å². The Morgan fingerprint density at radius 3 is 2.35 bits per heavy atom. The van der Waals surface area contributed by atoms with Gasteiger partial charge in [-0.05, 0) is 30.7 Å². The van der Waals surface area contributed by atoms with Crippen molar-refractivity contribution in [3.05, 3.63) is 63.6 Å². The summed E-state index contributed by atoms with van der Waals surface area (Å²) in [5.41, 5.74) is 2.29. The van der Waals surface area contributed by atoms with Crippen LogP contribution in [-0.4, -0.2) is 7.05 Å². The molecule has 20 heavy (non-hydrogen) atoms. The van der Waals surface area contributed by atoms with Gasteiger partial charge in [-0.2, -0.15) is 5.26 Å². The third-order valence-electron chi connectivity index (χ3n) is 3.42. The average Bonchev–Trinajstić information content (AvgIpc) is 2.46. The van der Waals surface area contributed by atoms with Gasteiger partial charge in [-0.15, -0.1) is 0 Å². The lowest BCUT2D eigenvalue weighted by molar-refractivity contribution is 0.739. The quantitative estimate of drug-likeness (QED) is 0.792. The first-order valence-electron chi connectivity index (χ1n) is 6.22. The molecular formula is C16H14Cl2N2. The third kappa shape index (κ3) is 2.75. The fourth-order valence-corrected chi connectivity index (χ4v) is 2.65. The van der Waals surface area contributed by atoms with E-state index in [0.717, 1.165) is 11.3 Å². The van der Waals surface area contributed by atoms with E-state index in [4.69, 9.17) is 23.2 Å². The van der Waals surface area contributed by atoms with Crippen molar-refractivity contribution in [2.24, 2.45) is 0 Å². The lowest BCUT2D eigenvalue weighted by Crippen LogP contribution is -2.22. The Kier molecular flexibility index (Phi) is 4.54. The lowest BCUT2D eigenvalue weighted by Gasteiger charge is -2.29. The number of nitrogens with zero attached hydrogens (tertiary/aromatic N) is 2. The molecule has 0 spiro atoms. The maximum Gasteiger partial charge on any atom is 0.103 e. The van der Waals surface area contributed by atoms with Crippen LogP contribution in [0.5, 0.6) is 0 Å². The molecule has 0 saturated heterocycles. The Morgan fingerprint density at radius 1 is 1.05 bits per heavy atom. The topological polar surface area (TPSA) is 27.0 Å². The number of hydrogen-bond acceptors (Lipinski definition) is 2. The molecule has 0 amide bonds. The second-order valence-electron chi connectivity index (χ2n) is 4.55. The highest BCUT2D eigenvalue weighted by Gasteiger charge is 2.18. The molecule has 1 unspecified atom stereocenters. The molecule has 0 heterocycles.